The largest absolute Gasteiger partial charge is 0.479 e. The van der Waals surface area contributed by atoms with E-state index in [1.807, 2.05) is 13.8 Å². The summed E-state index contributed by atoms with van der Waals surface area (Å²) < 4.78 is 10.8. The van der Waals surface area contributed by atoms with Gasteiger partial charge >= 0.3 is 11.9 Å². The van der Waals surface area contributed by atoms with Gasteiger partial charge in [0.2, 0.25) is 0 Å². The molecule has 2 aliphatic rings. The van der Waals surface area contributed by atoms with Crippen LogP contribution in [0.25, 0.3) is 4.85 Å². The lowest BCUT2D eigenvalue weighted by Crippen LogP contribution is -2.43. The highest BCUT2D eigenvalue weighted by atomic mass is 16.8. The summed E-state index contributed by atoms with van der Waals surface area (Å²) in [4.78, 5) is 15.6. The molecule has 1 aromatic rings. The molecule has 1 aliphatic heterocycles. The molecule has 1 aliphatic carbocycles. The third-order valence-electron chi connectivity index (χ3n) is 4.23. The van der Waals surface area contributed by atoms with Crippen molar-refractivity contribution in [2.45, 2.75) is 57.7 Å². The lowest BCUT2D eigenvalue weighted by Gasteiger charge is -2.38. The van der Waals surface area contributed by atoms with Crippen LogP contribution in [0, 0.1) is 6.57 Å². The molecule has 25 heavy (non-hydrogen) atoms. The molecule has 1 saturated carbocycles. The van der Waals surface area contributed by atoms with Crippen molar-refractivity contribution in [1.29, 1.82) is 0 Å². The Morgan fingerprint density at radius 2 is 2.00 bits per heavy atom. The number of carbonyl (C=O) groups is 1. The first-order valence-electron chi connectivity index (χ1n) is 8.19. The van der Waals surface area contributed by atoms with Gasteiger partial charge in [0, 0.05) is 12.8 Å². The first-order chi connectivity index (χ1) is 12.0. The second-order valence-corrected chi connectivity index (χ2v) is 6.39. The van der Waals surface area contributed by atoms with Gasteiger partial charge in [-0.2, -0.15) is 5.10 Å². The summed E-state index contributed by atoms with van der Waals surface area (Å²) >= 11 is 0. The third-order valence-corrected chi connectivity index (χ3v) is 4.23. The smallest absolute Gasteiger partial charge is 0.369 e. The summed E-state index contributed by atoms with van der Waals surface area (Å²) in [5, 5.41) is 24.3. The van der Waals surface area contributed by atoms with Crippen LogP contribution in [0.1, 0.15) is 57.6 Å². The predicted molar refractivity (Wildman–Crippen MR) is 86.1 cm³/mol. The highest BCUT2D eigenvalue weighted by Crippen LogP contribution is 2.39. The molecule has 9 nitrogen and oxygen atoms in total. The Balaban J connectivity index is 1.85. The van der Waals surface area contributed by atoms with E-state index in [9.17, 15) is 9.90 Å². The monoisotopic (exact) mass is 345 g/mol. The number of aromatic nitrogens is 2. The van der Waals surface area contributed by atoms with Crippen LogP contribution in [0.4, 0.5) is 11.5 Å². The Kier molecular flexibility index (Phi) is 4.44. The van der Waals surface area contributed by atoms with Crippen LogP contribution in [-0.4, -0.2) is 27.1 Å². The SMILES string of the molecule is [C-]#[N+]c1c(C(C)C)n[nH]c1/N=N/C1=C(O)OC2(CCCCC2)OC1=O. The summed E-state index contributed by atoms with van der Waals surface area (Å²) in [6, 6.07) is 0. The Labute approximate surface area is 144 Å². The maximum atomic E-state index is 12.2. The van der Waals surface area contributed by atoms with E-state index in [4.69, 9.17) is 16.0 Å². The molecule has 1 aromatic heterocycles. The zero-order chi connectivity index (χ0) is 18.0. The Bertz CT molecular complexity index is 781. The van der Waals surface area contributed by atoms with Crippen molar-refractivity contribution in [1.82, 2.24) is 10.2 Å². The number of ether oxygens (including phenoxy) is 2. The summed E-state index contributed by atoms with van der Waals surface area (Å²) in [6.45, 7) is 11.1. The van der Waals surface area contributed by atoms with Gasteiger partial charge in [0.15, 0.2) is 5.82 Å². The zero-order valence-electron chi connectivity index (χ0n) is 14.1. The molecule has 0 aromatic carbocycles. The molecule has 0 unspecified atom stereocenters. The Hall–Kier alpha value is -2.89. The van der Waals surface area contributed by atoms with Gasteiger partial charge in [-0.1, -0.05) is 20.3 Å². The average molecular weight is 345 g/mol. The molecular weight excluding hydrogens is 326 g/mol. The minimum absolute atomic E-state index is 0.0334. The number of nitrogens with one attached hydrogen (secondary N) is 1. The number of aliphatic hydroxyl groups is 1. The van der Waals surface area contributed by atoms with E-state index < -0.39 is 23.4 Å². The molecule has 9 heteroatoms. The topological polar surface area (TPSA) is 114 Å². The normalized spacial score (nSPS) is 20.0. The number of azo groups is 1. The molecule has 0 saturated heterocycles. The third kappa shape index (κ3) is 3.20. The van der Waals surface area contributed by atoms with Crippen molar-refractivity contribution in [2.75, 3.05) is 0 Å². The maximum absolute atomic E-state index is 12.2. The second-order valence-electron chi connectivity index (χ2n) is 6.39. The molecule has 2 heterocycles. The minimum Gasteiger partial charge on any atom is -0.479 e. The number of H-pyrrole nitrogens is 1. The summed E-state index contributed by atoms with van der Waals surface area (Å²) in [7, 11) is 0. The van der Waals surface area contributed by atoms with Gasteiger partial charge in [-0.25, -0.2) is 9.64 Å². The highest BCUT2D eigenvalue weighted by molar-refractivity contribution is 5.89. The Morgan fingerprint density at radius 3 is 2.60 bits per heavy atom. The predicted octanol–water partition coefficient (Wildman–Crippen LogP) is 4.13. The number of aliphatic hydroxyl groups excluding tert-OH is 1. The van der Waals surface area contributed by atoms with Crippen molar-refractivity contribution >= 4 is 17.5 Å². The number of hydrogen-bond acceptors (Lipinski definition) is 7. The first-order valence-corrected chi connectivity index (χ1v) is 8.19. The van der Waals surface area contributed by atoms with Crippen LogP contribution < -0.4 is 0 Å². The van der Waals surface area contributed by atoms with E-state index in [1.165, 1.54) is 0 Å². The van der Waals surface area contributed by atoms with Gasteiger partial charge < -0.3 is 14.6 Å². The fourth-order valence-electron chi connectivity index (χ4n) is 2.95. The number of hydrogen-bond donors (Lipinski definition) is 2. The van der Waals surface area contributed by atoms with Crippen LogP contribution in [0.15, 0.2) is 21.9 Å². The van der Waals surface area contributed by atoms with Crippen molar-refractivity contribution in [3.8, 4) is 0 Å². The molecule has 1 spiro atoms. The Morgan fingerprint density at radius 1 is 1.28 bits per heavy atom. The molecule has 3 rings (SSSR count). The molecule has 1 fully saturated rings. The lowest BCUT2D eigenvalue weighted by molar-refractivity contribution is -0.249. The van der Waals surface area contributed by atoms with E-state index in [0.29, 0.717) is 18.5 Å². The standard InChI is InChI=1S/C16H19N5O4/c1-9(2)10-11(17-3)13(20-18-10)21-19-12-14(22)24-16(25-15(12)23)7-5-4-6-8-16/h9,22H,4-8H2,1-2H3,(H,18,20)/b21-19+. The van der Waals surface area contributed by atoms with Gasteiger partial charge in [-0.05, 0) is 18.8 Å². The van der Waals surface area contributed by atoms with E-state index in [0.717, 1.165) is 19.3 Å². The summed E-state index contributed by atoms with van der Waals surface area (Å²) in [5.74, 6) is -2.34. The number of nitrogens with zero attached hydrogens (tertiary/aromatic N) is 4. The molecule has 0 radical (unpaired) electrons. The second kappa shape index (κ2) is 6.55. The molecular formula is C16H19N5O4. The molecule has 0 amide bonds. The minimum atomic E-state index is -1.10. The molecule has 2 N–H and O–H groups in total. The fourth-order valence-corrected chi connectivity index (χ4v) is 2.95. The summed E-state index contributed by atoms with van der Waals surface area (Å²) in [5.41, 5.74) is 0.367. The lowest BCUT2D eigenvalue weighted by atomic mass is 9.93. The summed E-state index contributed by atoms with van der Waals surface area (Å²) in [6.07, 6.45) is 3.83. The van der Waals surface area contributed by atoms with Crippen LogP contribution >= 0.6 is 0 Å². The molecule has 0 bridgehead atoms. The number of rotatable bonds is 3. The number of aromatic amines is 1. The quantitative estimate of drug-likeness (QED) is 0.486. The fraction of sp³-hybridized carbons (Fsp3) is 0.562. The zero-order valence-corrected chi connectivity index (χ0v) is 14.1. The maximum Gasteiger partial charge on any atom is 0.369 e. The number of carbonyl (C=O) groups excluding carboxylic acids is 1. The molecule has 132 valence electrons. The van der Waals surface area contributed by atoms with E-state index in [1.54, 1.807) is 0 Å². The van der Waals surface area contributed by atoms with E-state index >= 15 is 0 Å². The average Bonchev–Trinajstić information content (AvgIpc) is 2.98. The van der Waals surface area contributed by atoms with Gasteiger partial charge in [0.25, 0.3) is 17.2 Å². The first kappa shape index (κ1) is 17.0. The van der Waals surface area contributed by atoms with Crippen LogP contribution in [-0.2, 0) is 14.3 Å². The van der Waals surface area contributed by atoms with Crippen molar-refractivity contribution in [3.63, 3.8) is 0 Å². The van der Waals surface area contributed by atoms with Gasteiger partial charge in [-0.15, -0.1) is 10.2 Å². The molecule has 0 atom stereocenters. The highest BCUT2D eigenvalue weighted by Gasteiger charge is 2.45. The van der Waals surface area contributed by atoms with Gasteiger partial charge in [0.1, 0.15) is 0 Å². The van der Waals surface area contributed by atoms with Crippen molar-refractivity contribution < 1.29 is 19.4 Å². The van der Waals surface area contributed by atoms with Crippen molar-refractivity contribution in [3.05, 3.63) is 28.8 Å². The van der Waals surface area contributed by atoms with Gasteiger partial charge in [0.05, 0.1) is 12.3 Å². The van der Waals surface area contributed by atoms with Crippen LogP contribution in [0.3, 0.4) is 0 Å². The van der Waals surface area contributed by atoms with Crippen LogP contribution in [0.5, 0.6) is 0 Å². The van der Waals surface area contributed by atoms with Crippen molar-refractivity contribution in [2.24, 2.45) is 10.2 Å². The number of esters is 1. The van der Waals surface area contributed by atoms with E-state index in [2.05, 4.69) is 25.3 Å². The van der Waals surface area contributed by atoms with Crippen LogP contribution in [0.2, 0.25) is 0 Å². The van der Waals surface area contributed by atoms with Gasteiger partial charge in [-0.3, -0.25) is 5.10 Å². The van der Waals surface area contributed by atoms with E-state index in [-0.39, 0.29) is 17.4 Å².